The number of pyridine rings is 1. The zero-order chi connectivity index (χ0) is 27.4. The summed E-state index contributed by atoms with van der Waals surface area (Å²) in [6.07, 6.45) is 3.68. The number of alkyl halides is 1. The monoisotopic (exact) mass is 563 g/mol. The second-order valence-corrected chi connectivity index (χ2v) is 11.7. The number of amides is 2. The lowest BCUT2D eigenvalue weighted by atomic mass is 9.89. The zero-order valence-electron chi connectivity index (χ0n) is 21.8. The Morgan fingerprint density at radius 1 is 1.21 bits per heavy atom. The van der Waals surface area contributed by atoms with Crippen LogP contribution in [-0.2, 0) is 11.3 Å². The highest BCUT2D eigenvalue weighted by Gasteiger charge is 2.54. The molecule has 1 saturated carbocycles. The number of nitrogens with one attached hydrogen (secondary N) is 2. The van der Waals surface area contributed by atoms with Crippen LogP contribution < -0.4 is 20.3 Å². The molecular formula is C27H31ClFN3O5S. The molecular weight excluding hydrogens is 533 g/mol. The van der Waals surface area contributed by atoms with Gasteiger partial charge in [0.1, 0.15) is 0 Å². The molecule has 2 fully saturated rings. The number of benzene rings is 1. The molecule has 2 N–H and O–H groups in total. The Morgan fingerprint density at radius 3 is 2.50 bits per heavy atom. The van der Waals surface area contributed by atoms with Crippen LogP contribution in [0.5, 0.6) is 11.5 Å². The van der Waals surface area contributed by atoms with E-state index >= 15 is 0 Å². The molecule has 2 aliphatic heterocycles. The van der Waals surface area contributed by atoms with Gasteiger partial charge in [0.2, 0.25) is 0 Å². The number of rotatable bonds is 6. The summed E-state index contributed by atoms with van der Waals surface area (Å²) in [5.41, 5.74) is 0.237. The van der Waals surface area contributed by atoms with Crippen LogP contribution in [0.3, 0.4) is 0 Å². The van der Waals surface area contributed by atoms with Gasteiger partial charge in [0.25, 0.3) is 23.2 Å². The number of aromatic amines is 1. The maximum Gasteiger partial charge on any atom is 0.260 e. The van der Waals surface area contributed by atoms with Crippen molar-refractivity contribution in [2.24, 2.45) is 5.92 Å². The van der Waals surface area contributed by atoms with Crippen molar-refractivity contribution in [1.29, 1.82) is 0 Å². The molecule has 11 heteroatoms. The summed E-state index contributed by atoms with van der Waals surface area (Å²) in [5.74, 6) is -1.10. The van der Waals surface area contributed by atoms with E-state index in [-0.39, 0.29) is 29.0 Å². The van der Waals surface area contributed by atoms with Crippen molar-refractivity contribution in [3.8, 4) is 11.5 Å². The van der Waals surface area contributed by atoms with Crippen LogP contribution in [0.2, 0.25) is 5.02 Å². The third kappa shape index (κ3) is 4.77. The number of carbonyl (C=O) groups is 2. The highest BCUT2D eigenvalue weighted by atomic mass is 35.5. The van der Waals surface area contributed by atoms with Gasteiger partial charge in [0.15, 0.2) is 17.2 Å². The van der Waals surface area contributed by atoms with Crippen LogP contribution in [0.4, 0.5) is 4.39 Å². The van der Waals surface area contributed by atoms with Gasteiger partial charge >= 0.3 is 0 Å². The summed E-state index contributed by atoms with van der Waals surface area (Å²) in [7, 11) is 0. The maximum atomic E-state index is 14.2. The van der Waals surface area contributed by atoms with Gasteiger partial charge in [-0.25, -0.2) is 4.39 Å². The molecule has 1 aromatic carbocycles. The number of carbonyl (C=O) groups excluding carboxylic acids is 2. The molecule has 2 amide bonds. The first-order valence-corrected chi connectivity index (χ1v) is 14.3. The van der Waals surface area contributed by atoms with Gasteiger partial charge in [-0.3, -0.25) is 14.4 Å². The van der Waals surface area contributed by atoms with E-state index < -0.39 is 17.4 Å². The first kappa shape index (κ1) is 26.9. The quantitative estimate of drug-likeness (QED) is 0.501. The SMILES string of the molecule is CSc1cc(C)[nH]c(=O)c1CNC(=O)c1cc(Cl)c2c(c1C)O[C@](C)(C1CCN(C(=O)C3(F)CC3)CC1)O2. The Bertz CT molecular complexity index is 1370. The fourth-order valence-corrected chi connectivity index (χ4v) is 6.20. The van der Waals surface area contributed by atoms with E-state index in [2.05, 4.69) is 10.3 Å². The van der Waals surface area contributed by atoms with Crippen molar-refractivity contribution >= 4 is 35.2 Å². The first-order valence-electron chi connectivity index (χ1n) is 12.7. The Hall–Kier alpha value is -2.72. The van der Waals surface area contributed by atoms with E-state index in [1.165, 1.54) is 11.8 Å². The number of hydrogen-bond acceptors (Lipinski definition) is 6. The summed E-state index contributed by atoms with van der Waals surface area (Å²) in [4.78, 5) is 43.2. The smallest absolute Gasteiger partial charge is 0.260 e. The highest BCUT2D eigenvalue weighted by molar-refractivity contribution is 7.98. The summed E-state index contributed by atoms with van der Waals surface area (Å²) in [6.45, 7) is 6.34. The lowest BCUT2D eigenvalue weighted by Crippen LogP contribution is -2.51. The van der Waals surface area contributed by atoms with Crippen LogP contribution >= 0.6 is 23.4 Å². The molecule has 2 aromatic rings. The first-order chi connectivity index (χ1) is 18.0. The Balaban J connectivity index is 1.29. The summed E-state index contributed by atoms with van der Waals surface area (Å²) in [5, 5.41) is 3.08. The highest BCUT2D eigenvalue weighted by Crippen LogP contribution is 2.51. The number of piperidine rings is 1. The Labute approximate surface area is 229 Å². The third-order valence-electron chi connectivity index (χ3n) is 7.76. The largest absolute Gasteiger partial charge is 0.448 e. The van der Waals surface area contributed by atoms with Crippen molar-refractivity contribution < 1.29 is 23.5 Å². The molecule has 1 atom stereocenters. The van der Waals surface area contributed by atoms with Crippen LogP contribution in [-0.4, -0.2) is 52.5 Å². The average molecular weight is 564 g/mol. The second kappa shape index (κ2) is 9.79. The number of likely N-dealkylation sites (tertiary alicyclic amines) is 1. The Kier molecular flexibility index (Phi) is 6.92. The number of halogens is 2. The van der Waals surface area contributed by atoms with Gasteiger partial charge in [-0.2, -0.15) is 0 Å². The summed E-state index contributed by atoms with van der Waals surface area (Å²) < 4.78 is 26.8. The standard InChI is InChI=1S/C27H31ClFN3O5S/c1-14-11-20(38-4)18(24(34)31-14)13-30-23(33)17-12-19(28)22-21(15(17)2)36-26(3,37-22)16-5-9-32(10-6-16)25(35)27(29)7-8-27/h11-12,16H,5-10,13H2,1-4H3,(H,30,33)(H,31,34)/t26-/m0/s1. The van der Waals surface area contributed by atoms with Crippen molar-refractivity contribution in [3.63, 3.8) is 0 Å². The Morgan fingerprint density at radius 2 is 1.87 bits per heavy atom. The van der Waals surface area contributed by atoms with E-state index in [9.17, 15) is 18.8 Å². The minimum atomic E-state index is -1.67. The normalized spacial score (nSPS) is 21.9. The summed E-state index contributed by atoms with van der Waals surface area (Å²) >= 11 is 7.99. The molecule has 3 aliphatic rings. The topological polar surface area (TPSA) is 101 Å². The molecule has 0 radical (unpaired) electrons. The number of aryl methyl sites for hydroxylation is 1. The number of aromatic nitrogens is 1. The fraction of sp³-hybridized carbons (Fsp3) is 0.519. The van der Waals surface area contributed by atoms with E-state index in [4.69, 9.17) is 21.1 Å². The number of nitrogens with zero attached hydrogens (tertiary/aromatic N) is 1. The molecule has 0 unspecified atom stereocenters. The molecule has 204 valence electrons. The number of fused-ring (bicyclic) bond motifs is 1. The van der Waals surface area contributed by atoms with Crippen molar-refractivity contribution in [2.45, 2.75) is 69.4 Å². The molecule has 3 heterocycles. The molecule has 0 bridgehead atoms. The van der Waals surface area contributed by atoms with Crippen LogP contribution in [0.1, 0.15) is 59.8 Å². The maximum absolute atomic E-state index is 14.2. The van der Waals surface area contributed by atoms with Gasteiger partial charge in [0.05, 0.1) is 5.02 Å². The zero-order valence-corrected chi connectivity index (χ0v) is 23.4. The number of hydrogen-bond donors (Lipinski definition) is 2. The van der Waals surface area contributed by atoms with Crippen LogP contribution in [0, 0.1) is 19.8 Å². The van der Waals surface area contributed by atoms with Gasteiger partial charge in [0, 0.05) is 59.8 Å². The van der Waals surface area contributed by atoms with Gasteiger partial charge in [-0.15, -0.1) is 11.8 Å². The van der Waals surface area contributed by atoms with Crippen molar-refractivity contribution in [2.75, 3.05) is 19.3 Å². The van der Waals surface area contributed by atoms with Gasteiger partial charge in [-0.05, 0) is 57.9 Å². The average Bonchev–Trinajstić information content (AvgIpc) is 3.53. The number of H-pyrrole nitrogens is 1. The molecule has 1 saturated heterocycles. The van der Waals surface area contributed by atoms with Crippen molar-refractivity contribution in [3.05, 3.63) is 49.9 Å². The molecule has 1 aliphatic carbocycles. The molecule has 1 aromatic heterocycles. The van der Waals surface area contributed by atoms with E-state index in [1.807, 2.05) is 26.2 Å². The molecule has 38 heavy (non-hydrogen) atoms. The van der Waals surface area contributed by atoms with E-state index in [0.29, 0.717) is 67.0 Å². The lowest BCUT2D eigenvalue weighted by Gasteiger charge is -2.39. The van der Waals surface area contributed by atoms with Gasteiger partial charge in [-0.1, -0.05) is 11.6 Å². The van der Waals surface area contributed by atoms with Crippen LogP contribution in [0.25, 0.3) is 0 Å². The minimum Gasteiger partial charge on any atom is -0.448 e. The third-order valence-corrected chi connectivity index (χ3v) is 8.85. The molecule has 8 nitrogen and oxygen atoms in total. The van der Waals surface area contributed by atoms with Gasteiger partial charge < -0.3 is 24.7 Å². The second-order valence-electron chi connectivity index (χ2n) is 10.5. The summed E-state index contributed by atoms with van der Waals surface area (Å²) in [6, 6.07) is 3.42. The molecule has 0 spiro atoms. The van der Waals surface area contributed by atoms with E-state index in [1.54, 1.807) is 17.9 Å². The minimum absolute atomic E-state index is 0.0558. The fourth-order valence-electron chi connectivity index (χ4n) is 5.26. The molecule has 5 rings (SSSR count). The lowest BCUT2D eigenvalue weighted by molar-refractivity contribution is -0.148. The predicted molar refractivity (Wildman–Crippen MR) is 143 cm³/mol. The number of ether oxygens (including phenoxy) is 2. The van der Waals surface area contributed by atoms with Crippen LogP contribution in [0.15, 0.2) is 21.8 Å². The van der Waals surface area contributed by atoms with E-state index in [0.717, 1.165) is 10.6 Å². The number of thioether (sulfide) groups is 1. The predicted octanol–water partition coefficient (Wildman–Crippen LogP) is 4.53. The van der Waals surface area contributed by atoms with Crippen molar-refractivity contribution in [1.82, 2.24) is 15.2 Å².